The lowest BCUT2D eigenvalue weighted by Crippen LogP contribution is -2.06. The van der Waals surface area contributed by atoms with Gasteiger partial charge in [-0.05, 0) is 25.1 Å². The average molecular weight is 265 g/mol. The Balaban J connectivity index is 2.12. The lowest BCUT2D eigenvalue weighted by Gasteiger charge is -2.07. The number of rotatable bonds is 4. The SMILES string of the molecule is Cc1nnc(COc2ccc(C(=O)O)cc2F)n1C. The fourth-order valence-electron chi connectivity index (χ4n) is 1.47. The van der Waals surface area contributed by atoms with Crippen LogP contribution in [-0.2, 0) is 13.7 Å². The van der Waals surface area contributed by atoms with Crippen LogP contribution >= 0.6 is 0 Å². The van der Waals surface area contributed by atoms with E-state index < -0.39 is 11.8 Å². The Hall–Kier alpha value is -2.44. The van der Waals surface area contributed by atoms with E-state index in [1.165, 1.54) is 12.1 Å². The molecule has 6 nitrogen and oxygen atoms in total. The molecule has 0 saturated carbocycles. The molecule has 0 saturated heterocycles. The van der Waals surface area contributed by atoms with Crippen LogP contribution < -0.4 is 4.74 Å². The summed E-state index contributed by atoms with van der Waals surface area (Å²) in [6.45, 7) is 1.85. The Labute approximate surface area is 108 Å². The summed E-state index contributed by atoms with van der Waals surface area (Å²) >= 11 is 0. The molecule has 100 valence electrons. The molecule has 0 radical (unpaired) electrons. The zero-order valence-electron chi connectivity index (χ0n) is 10.4. The molecule has 2 aromatic rings. The van der Waals surface area contributed by atoms with Crippen molar-refractivity contribution in [1.29, 1.82) is 0 Å². The molecular weight excluding hydrogens is 253 g/mol. The van der Waals surface area contributed by atoms with E-state index in [1.807, 2.05) is 0 Å². The third-order valence-electron chi connectivity index (χ3n) is 2.72. The molecule has 0 bridgehead atoms. The zero-order chi connectivity index (χ0) is 14.0. The van der Waals surface area contributed by atoms with Crippen molar-refractivity contribution in [2.75, 3.05) is 0 Å². The highest BCUT2D eigenvalue weighted by Crippen LogP contribution is 2.19. The van der Waals surface area contributed by atoms with E-state index in [-0.39, 0.29) is 17.9 Å². The minimum atomic E-state index is -1.19. The summed E-state index contributed by atoms with van der Waals surface area (Å²) in [5.41, 5.74) is -0.126. The highest BCUT2D eigenvalue weighted by Gasteiger charge is 2.11. The molecular formula is C12H12FN3O3. The molecule has 0 unspecified atom stereocenters. The summed E-state index contributed by atoms with van der Waals surface area (Å²) in [5.74, 6) is -0.654. The van der Waals surface area contributed by atoms with Crippen molar-refractivity contribution < 1.29 is 19.0 Å². The van der Waals surface area contributed by atoms with Crippen LogP contribution in [0.1, 0.15) is 22.0 Å². The van der Waals surface area contributed by atoms with Crippen molar-refractivity contribution in [3.05, 3.63) is 41.2 Å². The predicted octanol–water partition coefficient (Wildman–Crippen LogP) is 1.54. The second kappa shape index (κ2) is 5.05. The molecule has 1 aromatic heterocycles. The van der Waals surface area contributed by atoms with Crippen molar-refractivity contribution in [2.24, 2.45) is 7.05 Å². The van der Waals surface area contributed by atoms with Gasteiger partial charge in [0.25, 0.3) is 0 Å². The summed E-state index contributed by atoms with van der Waals surface area (Å²) < 4.78 is 20.6. The van der Waals surface area contributed by atoms with Gasteiger partial charge in [0.1, 0.15) is 12.4 Å². The Kier molecular flexibility index (Phi) is 3.46. The second-order valence-electron chi connectivity index (χ2n) is 3.96. The smallest absolute Gasteiger partial charge is 0.335 e. The first kappa shape index (κ1) is 13.0. The Morgan fingerprint density at radius 3 is 2.74 bits per heavy atom. The van der Waals surface area contributed by atoms with Crippen LogP contribution in [0.5, 0.6) is 5.75 Å². The van der Waals surface area contributed by atoms with E-state index in [0.717, 1.165) is 11.9 Å². The molecule has 0 amide bonds. The van der Waals surface area contributed by atoms with Gasteiger partial charge in [-0.3, -0.25) is 0 Å². The molecule has 0 spiro atoms. The van der Waals surface area contributed by atoms with E-state index >= 15 is 0 Å². The number of aromatic carboxylic acids is 1. The van der Waals surface area contributed by atoms with Gasteiger partial charge in [-0.1, -0.05) is 0 Å². The second-order valence-corrected chi connectivity index (χ2v) is 3.96. The van der Waals surface area contributed by atoms with Gasteiger partial charge in [0, 0.05) is 7.05 Å². The van der Waals surface area contributed by atoms with Gasteiger partial charge >= 0.3 is 5.97 Å². The molecule has 1 N–H and O–H groups in total. The molecule has 0 aliphatic heterocycles. The van der Waals surface area contributed by atoms with Gasteiger partial charge in [-0.2, -0.15) is 0 Å². The number of aryl methyl sites for hydroxylation is 1. The Bertz CT molecular complexity index is 625. The molecule has 1 aromatic carbocycles. The Morgan fingerprint density at radius 1 is 1.47 bits per heavy atom. The highest BCUT2D eigenvalue weighted by atomic mass is 19.1. The molecule has 0 aliphatic carbocycles. The number of carboxylic acids is 1. The van der Waals surface area contributed by atoms with Gasteiger partial charge in [-0.25, -0.2) is 9.18 Å². The van der Waals surface area contributed by atoms with Crippen molar-refractivity contribution in [3.8, 4) is 5.75 Å². The fourth-order valence-corrected chi connectivity index (χ4v) is 1.47. The predicted molar refractivity (Wildman–Crippen MR) is 63.4 cm³/mol. The lowest BCUT2D eigenvalue weighted by atomic mass is 10.2. The molecule has 19 heavy (non-hydrogen) atoms. The first-order valence-corrected chi connectivity index (χ1v) is 5.49. The molecule has 0 aliphatic rings. The monoisotopic (exact) mass is 265 g/mol. The summed E-state index contributed by atoms with van der Waals surface area (Å²) in [6.07, 6.45) is 0. The van der Waals surface area contributed by atoms with E-state index in [4.69, 9.17) is 9.84 Å². The maximum Gasteiger partial charge on any atom is 0.335 e. The van der Waals surface area contributed by atoms with Crippen LogP contribution in [0.25, 0.3) is 0 Å². The maximum absolute atomic E-state index is 13.6. The lowest BCUT2D eigenvalue weighted by molar-refractivity contribution is 0.0696. The average Bonchev–Trinajstić information content (AvgIpc) is 2.68. The number of halogens is 1. The van der Waals surface area contributed by atoms with Crippen LogP contribution in [-0.4, -0.2) is 25.8 Å². The summed E-state index contributed by atoms with van der Waals surface area (Å²) in [4.78, 5) is 10.7. The molecule has 7 heteroatoms. The summed E-state index contributed by atoms with van der Waals surface area (Å²) in [7, 11) is 1.78. The van der Waals surface area contributed by atoms with Crippen molar-refractivity contribution in [1.82, 2.24) is 14.8 Å². The quantitative estimate of drug-likeness (QED) is 0.907. The van der Waals surface area contributed by atoms with Crippen molar-refractivity contribution in [3.63, 3.8) is 0 Å². The van der Waals surface area contributed by atoms with E-state index in [0.29, 0.717) is 5.82 Å². The third kappa shape index (κ3) is 2.70. The van der Waals surface area contributed by atoms with Crippen LogP contribution in [0, 0.1) is 12.7 Å². The van der Waals surface area contributed by atoms with Gasteiger partial charge in [-0.15, -0.1) is 10.2 Å². The third-order valence-corrected chi connectivity index (χ3v) is 2.72. The molecule has 1 heterocycles. The minimum Gasteiger partial charge on any atom is -0.483 e. The Morgan fingerprint density at radius 2 is 2.21 bits per heavy atom. The van der Waals surface area contributed by atoms with Crippen LogP contribution in [0.4, 0.5) is 4.39 Å². The van der Waals surface area contributed by atoms with E-state index in [9.17, 15) is 9.18 Å². The number of hydrogen-bond donors (Lipinski definition) is 1. The van der Waals surface area contributed by atoms with E-state index in [2.05, 4.69) is 10.2 Å². The number of aromatic nitrogens is 3. The zero-order valence-corrected chi connectivity index (χ0v) is 10.4. The summed E-state index contributed by atoms with van der Waals surface area (Å²) in [6, 6.07) is 3.48. The maximum atomic E-state index is 13.6. The van der Waals surface area contributed by atoms with Crippen LogP contribution in [0.2, 0.25) is 0 Å². The van der Waals surface area contributed by atoms with Gasteiger partial charge in [0.2, 0.25) is 0 Å². The van der Waals surface area contributed by atoms with Gasteiger partial charge in [0.15, 0.2) is 17.4 Å². The van der Waals surface area contributed by atoms with E-state index in [1.54, 1.807) is 18.5 Å². The number of nitrogens with zero attached hydrogens (tertiary/aromatic N) is 3. The number of carbonyl (C=O) groups is 1. The number of benzene rings is 1. The highest BCUT2D eigenvalue weighted by molar-refractivity contribution is 5.87. The molecule has 2 rings (SSSR count). The first-order valence-electron chi connectivity index (χ1n) is 5.49. The fraction of sp³-hybridized carbons (Fsp3) is 0.250. The largest absolute Gasteiger partial charge is 0.483 e. The van der Waals surface area contributed by atoms with Gasteiger partial charge < -0.3 is 14.4 Å². The minimum absolute atomic E-state index is 0.0225. The molecule has 0 atom stereocenters. The van der Waals surface area contributed by atoms with Crippen molar-refractivity contribution >= 4 is 5.97 Å². The molecule has 0 fully saturated rings. The standard InChI is InChI=1S/C12H12FN3O3/c1-7-14-15-11(16(7)2)6-19-10-4-3-8(12(17)18)5-9(10)13/h3-5H,6H2,1-2H3,(H,17,18). The van der Waals surface area contributed by atoms with Crippen LogP contribution in [0.15, 0.2) is 18.2 Å². The van der Waals surface area contributed by atoms with Crippen LogP contribution in [0.3, 0.4) is 0 Å². The number of hydrogen-bond acceptors (Lipinski definition) is 4. The number of ether oxygens (including phenoxy) is 1. The summed E-state index contributed by atoms with van der Waals surface area (Å²) in [5, 5.41) is 16.4. The normalized spacial score (nSPS) is 10.5. The van der Waals surface area contributed by atoms with Crippen molar-refractivity contribution in [2.45, 2.75) is 13.5 Å². The number of carboxylic acid groups (broad SMARTS) is 1. The first-order chi connectivity index (χ1) is 8.99. The van der Waals surface area contributed by atoms with Gasteiger partial charge in [0.05, 0.1) is 5.56 Å². The topological polar surface area (TPSA) is 77.2 Å².